The number of hydrogen-bond acceptors (Lipinski definition) is 5. The minimum atomic E-state index is -0.0327. The Hall–Kier alpha value is -2.82. The van der Waals surface area contributed by atoms with Crippen molar-refractivity contribution in [3.63, 3.8) is 0 Å². The van der Waals surface area contributed by atoms with Crippen molar-refractivity contribution in [2.24, 2.45) is 0 Å². The van der Waals surface area contributed by atoms with Gasteiger partial charge < -0.3 is 4.52 Å². The summed E-state index contributed by atoms with van der Waals surface area (Å²) >= 11 is 0. The summed E-state index contributed by atoms with van der Waals surface area (Å²) in [7, 11) is 0. The van der Waals surface area contributed by atoms with Crippen LogP contribution in [0, 0.1) is 0 Å². The minimum Gasteiger partial charge on any atom is -0.339 e. The van der Waals surface area contributed by atoms with Crippen LogP contribution in [0.3, 0.4) is 0 Å². The fourth-order valence-electron chi connectivity index (χ4n) is 1.98. The molecule has 0 radical (unpaired) electrons. The molecule has 3 aromatic rings. The fourth-order valence-corrected chi connectivity index (χ4v) is 1.98. The van der Waals surface area contributed by atoms with Crippen LogP contribution < -0.4 is 0 Å². The van der Waals surface area contributed by atoms with E-state index in [1.807, 2.05) is 30.3 Å². The molecule has 0 saturated carbocycles. The van der Waals surface area contributed by atoms with E-state index in [1.165, 1.54) is 0 Å². The minimum absolute atomic E-state index is 0.0327. The number of ketones is 1. The summed E-state index contributed by atoms with van der Waals surface area (Å²) in [4.78, 5) is 20.3. The van der Waals surface area contributed by atoms with Crippen molar-refractivity contribution in [3.8, 4) is 0 Å². The predicted molar refractivity (Wildman–Crippen MR) is 75.8 cm³/mol. The summed E-state index contributed by atoms with van der Waals surface area (Å²) in [5.41, 5.74) is 1.69. The van der Waals surface area contributed by atoms with Crippen LogP contribution in [0.5, 0.6) is 0 Å². The second-order valence-electron chi connectivity index (χ2n) is 4.60. The molecule has 0 aliphatic heterocycles. The molecule has 0 saturated heterocycles. The monoisotopic (exact) mass is 279 g/mol. The van der Waals surface area contributed by atoms with Gasteiger partial charge in [0, 0.05) is 24.4 Å². The van der Waals surface area contributed by atoms with Crippen LogP contribution in [0.25, 0.3) is 0 Å². The molecule has 104 valence electrons. The Morgan fingerprint density at radius 3 is 2.57 bits per heavy atom. The summed E-state index contributed by atoms with van der Waals surface area (Å²) < 4.78 is 5.13. The molecule has 2 heterocycles. The van der Waals surface area contributed by atoms with Gasteiger partial charge in [-0.1, -0.05) is 35.5 Å². The maximum atomic E-state index is 12.0. The van der Waals surface area contributed by atoms with Crippen LogP contribution in [0.15, 0.2) is 59.4 Å². The van der Waals surface area contributed by atoms with E-state index >= 15 is 0 Å². The number of nitrogens with zero attached hydrogens (tertiary/aromatic N) is 3. The van der Waals surface area contributed by atoms with Gasteiger partial charge in [-0.05, 0) is 17.7 Å². The highest BCUT2D eigenvalue weighted by molar-refractivity contribution is 5.96. The van der Waals surface area contributed by atoms with Gasteiger partial charge in [0.25, 0.3) is 0 Å². The van der Waals surface area contributed by atoms with Gasteiger partial charge in [0.2, 0.25) is 5.89 Å². The third kappa shape index (κ3) is 3.39. The lowest BCUT2D eigenvalue weighted by atomic mass is 10.1. The summed E-state index contributed by atoms with van der Waals surface area (Å²) in [6.07, 6.45) is 4.11. The number of carbonyl (C=O) groups excluding carboxylic acids is 1. The Labute approximate surface area is 121 Å². The van der Waals surface area contributed by atoms with Crippen molar-refractivity contribution in [2.45, 2.75) is 12.8 Å². The SMILES string of the molecule is O=C(Cc1nc(Cc2ccncc2)no1)c1ccccc1. The van der Waals surface area contributed by atoms with E-state index in [-0.39, 0.29) is 12.2 Å². The number of hydrogen-bond donors (Lipinski definition) is 0. The second-order valence-corrected chi connectivity index (χ2v) is 4.60. The van der Waals surface area contributed by atoms with Crippen molar-refractivity contribution >= 4 is 5.78 Å². The molecule has 0 aliphatic rings. The van der Waals surface area contributed by atoms with Crippen LogP contribution in [0.4, 0.5) is 0 Å². The summed E-state index contributed by atoms with van der Waals surface area (Å²) in [5, 5.41) is 3.90. The summed E-state index contributed by atoms with van der Waals surface area (Å²) in [6, 6.07) is 12.9. The first-order valence-electron chi connectivity index (χ1n) is 6.60. The van der Waals surface area contributed by atoms with Gasteiger partial charge in [-0.3, -0.25) is 9.78 Å². The van der Waals surface area contributed by atoms with Gasteiger partial charge in [0.1, 0.15) is 0 Å². The van der Waals surface area contributed by atoms with E-state index in [0.29, 0.717) is 23.7 Å². The fraction of sp³-hybridized carbons (Fsp3) is 0.125. The number of pyridine rings is 1. The van der Waals surface area contributed by atoms with Crippen molar-refractivity contribution < 1.29 is 9.32 Å². The van der Waals surface area contributed by atoms with Crippen molar-refractivity contribution in [2.75, 3.05) is 0 Å². The van der Waals surface area contributed by atoms with Gasteiger partial charge in [-0.2, -0.15) is 4.98 Å². The largest absolute Gasteiger partial charge is 0.339 e. The van der Waals surface area contributed by atoms with Crippen LogP contribution in [-0.2, 0) is 12.8 Å². The molecule has 5 nitrogen and oxygen atoms in total. The highest BCUT2D eigenvalue weighted by Gasteiger charge is 2.13. The topological polar surface area (TPSA) is 68.9 Å². The summed E-state index contributed by atoms with van der Waals surface area (Å²) in [6.45, 7) is 0. The van der Waals surface area contributed by atoms with Crippen LogP contribution >= 0.6 is 0 Å². The van der Waals surface area contributed by atoms with Crippen LogP contribution in [0.1, 0.15) is 27.6 Å². The average molecular weight is 279 g/mol. The van der Waals surface area contributed by atoms with Crippen molar-refractivity contribution in [1.82, 2.24) is 15.1 Å². The lowest BCUT2D eigenvalue weighted by Crippen LogP contribution is -2.03. The smallest absolute Gasteiger partial charge is 0.234 e. The van der Waals surface area contributed by atoms with E-state index in [4.69, 9.17) is 4.52 Å². The number of aromatic nitrogens is 3. The van der Waals surface area contributed by atoms with E-state index in [1.54, 1.807) is 24.5 Å². The quantitative estimate of drug-likeness (QED) is 0.671. The van der Waals surface area contributed by atoms with Crippen molar-refractivity contribution in [3.05, 3.63) is 77.7 Å². The molecule has 2 aromatic heterocycles. The number of rotatable bonds is 5. The summed E-state index contributed by atoms with van der Waals surface area (Å²) in [5.74, 6) is 0.875. The maximum absolute atomic E-state index is 12.0. The lowest BCUT2D eigenvalue weighted by Gasteiger charge is -1.96. The van der Waals surface area contributed by atoms with E-state index in [0.717, 1.165) is 5.56 Å². The molecular formula is C16H13N3O2. The molecule has 0 bridgehead atoms. The van der Waals surface area contributed by atoms with Gasteiger partial charge in [0.15, 0.2) is 11.6 Å². The maximum Gasteiger partial charge on any atom is 0.234 e. The highest BCUT2D eigenvalue weighted by Crippen LogP contribution is 2.09. The van der Waals surface area contributed by atoms with E-state index in [2.05, 4.69) is 15.1 Å². The molecular weight excluding hydrogens is 266 g/mol. The zero-order valence-corrected chi connectivity index (χ0v) is 11.3. The lowest BCUT2D eigenvalue weighted by molar-refractivity contribution is 0.0983. The number of benzene rings is 1. The molecule has 0 fully saturated rings. The molecule has 0 N–H and O–H groups in total. The first-order chi connectivity index (χ1) is 10.3. The molecule has 3 rings (SSSR count). The van der Waals surface area contributed by atoms with Crippen LogP contribution in [0.2, 0.25) is 0 Å². The van der Waals surface area contributed by atoms with E-state index in [9.17, 15) is 4.79 Å². The first kappa shape index (κ1) is 13.2. The van der Waals surface area contributed by atoms with Gasteiger partial charge in [-0.25, -0.2) is 0 Å². The molecule has 1 aromatic carbocycles. The number of Topliss-reactive ketones (excluding diaryl/α,β-unsaturated/α-hetero) is 1. The molecule has 21 heavy (non-hydrogen) atoms. The Bertz CT molecular complexity index is 724. The standard InChI is InChI=1S/C16H13N3O2/c20-14(13-4-2-1-3-5-13)11-16-18-15(19-21-16)10-12-6-8-17-9-7-12/h1-9H,10-11H2. The predicted octanol–water partition coefficient (Wildman–Crippen LogP) is 2.48. The van der Waals surface area contributed by atoms with Crippen molar-refractivity contribution in [1.29, 1.82) is 0 Å². The molecule has 0 amide bonds. The number of carbonyl (C=O) groups is 1. The Balaban J connectivity index is 1.67. The van der Waals surface area contributed by atoms with Crippen LogP contribution in [-0.4, -0.2) is 20.9 Å². The third-order valence-electron chi connectivity index (χ3n) is 3.03. The molecule has 0 aliphatic carbocycles. The average Bonchev–Trinajstić information content (AvgIpc) is 2.96. The van der Waals surface area contributed by atoms with Gasteiger partial charge in [-0.15, -0.1) is 0 Å². The Morgan fingerprint density at radius 1 is 1.05 bits per heavy atom. The zero-order valence-electron chi connectivity index (χ0n) is 11.3. The Morgan fingerprint density at radius 2 is 1.81 bits per heavy atom. The third-order valence-corrected chi connectivity index (χ3v) is 3.03. The highest BCUT2D eigenvalue weighted by atomic mass is 16.5. The second kappa shape index (κ2) is 6.09. The first-order valence-corrected chi connectivity index (χ1v) is 6.60. The van der Waals surface area contributed by atoms with E-state index < -0.39 is 0 Å². The molecule has 0 spiro atoms. The molecule has 0 atom stereocenters. The normalized spacial score (nSPS) is 10.5. The molecule has 0 unspecified atom stereocenters. The van der Waals surface area contributed by atoms with Gasteiger partial charge in [0.05, 0.1) is 6.42 Å². The zero-order chi connectivity index (χ0) is 14.5. The van der Waals surface area contributed by atoms with Gasteiger partial charge >= 0.3 is 0 Å². The Kier molecular flexibility index (Phi) is 3.82. The molecule has 5 heteroatoms.